The van der Waals surface area contributed by atoms with E-state index >= 15 is 0 Å². The molecule has 5 rings (SSSR count). The summed E-state index contributed by atoms with van der Waals surface area (Å²) in [5.74, 6) is -0.197. The van der Waals surface area contributed by atoms with Gasteiger partial charge in [0.25, 0.3) is 11.5 Å². The van der Waals surface area contributed by atoms with E-state index in [1.54, 1.807) is 30.0 Å². The summed E-state index contributed by atoms with van der Waals surface area (Å²) in [5, 5.41) is 10.5. The SMILES string of the molecule is CC(=O)c1ccc(-n2c(OC(C)C3CC(C)(O)C3)nc3c(c2=O)CC(C)N(C(=O)c2ccc(Br)c(C)c2)C3)c(Cl)c1. The minimum Gasteiger partial charge on any atom is -0.461 e. The van der Waals surface area contributed by atoms with Crippen molar-refractivity contribution >= 4 is 39.2 Å². The molecule has 0 bridgehead atoms. The molecular formula is C31H33BrClN3O5. The molecule has 1 N–H and O–H groups in total. The van der Waals surface area contributed by atoms with Crippen LogP contribution in [0.15, 0.2) is 45.7 Å². The second-order valence-electron chi connectivity index (χ2n) is 11.6. The van der Waals surface area contributed by atoms with E-state index in [1.165, 1.54) is 17.6 Å². The van der Waals surface area contributed by atoms with Crippen LogP contribution in [0.25, 0.3) is 5.69 Å². The molecule has 1 amide bonds. The van der Waals surface area contributed by atoms with E-state index < -0.39 is 5.60 Å². The molecule has 2 unspecified atom stereocenters. The topological polar surface area (TPSA) is 102 Å². The minimum atomic E-state index is -0.737. The van der Waals surface area contributed by atoms with Gasteiger partial charge in [0.15, 0.2) is 5.78 Å². The van der Waals surface area contributed by atoms with Crippen LogP contribution in [0, 0.1) is 12.8 Å². The highest BCUT2D eigenvalue weighted by Crippen LogP contribution is 2.40. The maximum absolute atomic E-state index is 14.1. The summed E-state index contributed by atoms with van der Waals surface area (Å²) < 4.78 is 8.60. The molecule has 10 heteroatoms. The number of halogens is 2. The maximum Gasteiger partial charge on any atom is 0.304 e. The van der Waals surface area contributed by atoms with Gasteiger partial charge in [-0.2, -0.15) is 4.98 Å². The van der Waals surface area contributed by atoms with Crippen molar-refractivity contribution in [3.8, 4) is 11.7 Å². The average Bonchev–Trinajstić information content (AvgIpc) is 2.89. The Morgan fingerprint density at radius 2 is 1.88 bits per heavy atom. The van der Waals surface area contributed by atoms with Crippen molar-refractivity contribution in [3.05, 3.63) is 84.2 Å². The monoisotopic (exact) mass is 641 g/mol. The van der Waals surface area contributed by atoms with Crippen LogP contribution in [-0.4, -0.2) is 49.0 Å². The number of hydrogen-bond donors (Lipinski definition) is 1. The number of aromatic nitrogens is 2. The van der Waals surface area contributed by atoms with Gasteiger partial charge in [-0.3, -0.25) is 14.4 Å². The van der Waals surface area contributed by atoms with E-state index in [0.29, 0.717) is 47.3 Å². The van der Waals surface area contributed by atoms with Crippen molar-refractivity contribution in [1.82, 2.24) is 14.5 Å². The Labute approximate surface area is 252 Å². The Bertz CT molecular complexity index is 1610. The smallest absolute Gasteiger partial charge is 0.304 e. The van der Waals surface area contributed by atoms with Crippen LogP contribution in [0.1, 0.15) is 78.1 Å². The van der Waals surface area contributed by atoms with Crippen LogP contribution in [0.5, 0.6) is 6.01 Å². The third-order valence-electron chi connectivity index (χ3n) is 8.20. The normalized spacial score (nSPS) is 22.5. The molecule has 1 aliphatic heterocycles. The fourth-order valence-electron chi connectivity index (χ4n) is 5.72. The van der Waals surface area contributed by atoms with Crippen LogP contribution >= 0.6 is 27.5 Å². The first-order chi connectivity index (χ1) is 19.3. The van der Waals surface area contributed by atoms with Gasteiger partial charge in [-0.05, 0) is 95.8 Å². The highest BCUT2D eigenvalue weighted by Gasteiger charge is 2.42. The predicted molar refractivity (Wildman–Crippen MR) is 160 cm³/mol. The number of benzene rings is 2. The summed E-state index contributed by atoms with van der Waals surface area (Å²) in [7, 11) is 0. The number of fused-ring (bicyclic) bond motifs is 1. The van der Waals surface area contributed by atoms with Crippen LogP contribution < -0.4 is 10.3 Å². The highest BCUT2D eigenvalue weighted by molar-refractivity contribution is 9.10. The van der Waals surface area contributed by atoms with Gasteiger partial charge >= 0.3 is 6.01 Å². The minimum absolute atomic E-state index is 0.0618. The van der Waals surface area contributed by atoms with Crippen molar-refractivity contribution < 1.29 is 19.4 Å². The van der Waals surface area contributed by atoms with Crippen LogP contribution in [0.3, 0.4) is 0 Å². The first kappa shape index (κ1) is 29.5. The summed E-state index contributed by atoms with van der Waals surface area (Å²) in [5.41, 5.74) is 2.21. The largest absolute Gasteiger partial charge is 0.461 e. The molecule has 1 fully saturated rings. The summed E-state index contributed by atoms with van der Waals surface area (Å²) in [6.45, 7) is 9.13. The van der Waals surface area contributed by atoms with Gasteiger partial charge < -0.3 is 14.7 Å². The average molecular weight is 643 g/mol. The Morgan fingerprint density at radius 1 is 1.20 bits per heavy atom. The number of carbonyl (C=O) groups excluding carboxylic acids is 2. The lowest BCUT2D eigenvalue weighted by atomic mass is 9.70. The highest BCUT2D eigenvalue weighted by atomic mass is 79.9. The second kappa shape index (κ2) is 11.0. The summed E-state index contributed by atoms with van der Waals surface area (Å²) >= 11 is 10.1. The van der Waals surface area contributed by atoms with E-state index in [4.69, 9.17) is 21.3 Å². The number of amides is 1. The van der Waals surface area contributed by atoms with Crippen molar-refractivity contribution in [2.24, 2.45) is 5.92 Å². The molecule has 8 nitrogen and oxygen atoms in total. The molecule has 2 aliphatic rings. The Morgan fingerprint density at radius 3 is 2.49 bits per heavy atom. The summed E-state index contributed by atoms with van der Waals surface area (Å²) in [6, 6.07) is 10.1. The first-order valence-electron chi connectivity index (χ1n) is 13.7. The number of rotatable bonds is 6. The lowest BCUT2D eigenvalue weighted by Gasteiger charge is -2.43. The molecule has 216 valence electrons. The number of aliphatic hydroxyl groups is 1. The number of hydrogen-bond acceptors (Lipinski definition) is 6. The molecule has 1 aliphatic carbocycles. The molecule has 0 radical (unpaired) electrons. The van der Waals surface area contributed by atoms with Crippen molar-refractivity contribution in [2.75, 3.05) is 0 Å². The van der Waals surface area contributed by atoms with Crippen molar-refractivity contribution in [1.29, 1.82) is 0 Å². The van der Waals surface area contributed by atoms with E-state index in [2.05, 4.69) is 15.9 Å². The Hall–Kier alpha value is -3.01. The molecule has 41 heavy (non-hydrogen) atoms. The number of aryl methyl sites for hydroxylation is 1. The maximum atomic E-state index is 14.1. The third kappa shape index (κ3) is 5.72. The van der Waals surface area contributed by atoms with Gasteiger partial charge in [-0.1, -0.05) is 27.5 Å². The Balaban J connectivity index is 1.57. The molecule has 2 atom stereocenters. The molecule has 0 saturated heterocycles. The first-order valence-corrected chi connectivity index (χ1v) is 14.8. The molecule has 3 aromatic rings. The summed E-state index contributed by atoms with van der Waals surface area (Å²) in [6.07, 6.45) is 1.12. The predicted octanol–water partition coefficient (Wildman–Crippen LogP) is 5.67. The van der Waals surface area contributed by atoms with E-state index in [0.717, 1.165) is 10.0 Å². The van der Waals surface area contributed by atoms with E-state index in [-0.39, 0.29) is 52.9 Å². The van der Waals surface area contributed by atoms with Crippen molar-refractivity contribution in [2.45, 2.75) is 78.2 Å². The van der Waals surface area contributed by atoms with Gasteiger partial charge in [0.2, 0.25) is 0 Å². The molecule has 2 aromatic carbocycles. The fraction of sp³-hybridized carbons (Fsp3) is 0.419. The zero-order chi connectivity index (χ0) is 29.8. The zero-order valence-electron chi connectivity index (χ0n) is 23.7. The van der Waals surface area contributed by atoms with Gasteiger partial charge in [0, 0.05) is 33.1 Å². The number of ketones is 1. The Kier molecular flexibility index (Phi) is 7.91. The van der Waals surface area contributed by atoms with Crippen LogP contribution in [-0.2, 0) is 13.0 Å². The van der Waals surface area contributed by atoms with Gasteiger partial charge in [-0.15, -0.1) is 0 Å². The molecule has 2 heterocycles. The lowest BCUT2D eigenvalue weighted by Crippen LogP contribution is -2.48. The summed E-state index contributed by atoms with van der Waals surface area (Å²) in [4.78, 5) is 46.1. The van der Waals surface area contributed by atoms with Gasteiger partial charge in [-0.25, -0.2) is 4.57 Å². The molecule has 1 saturated carbocycles. The number of Topliss-reactive ketones (excluding diaryl/α,β-unsaturated/α-hetero) is 1. The molecule has 0 spiro atoms. The van der Waals surface area contributed by atoms with Crippen molar-refractivity contribution in [3.63, 3.8) is 0 Å². The molecule has 1 aromatic heterocycles. The van der Waals surface area contributed by atoms with E-state index in [9.17, 15) is 19.5 Å². The number of carbonyl (C=O) groups is 2. The second-order valence-corrected chi connectivity index (χ2v) is 12.9. The lowest BCUT2D eigenvalue weighted by molar-refractivity contribution is -0.0897. The zero-order valence-corrected chi connectivity index (χ0v) is 26.0. The standard InChI is InChI=1S/C31H33BrClN3O5/c1-16-10-21(6-8-24(16)32)28(38)35-15-26-23(11-17(35)2)29(39)36(27-9-7-20(18(3)37)12-25(27)33)30(34-26)41-19(4)22-13-31(5,40)14-22/h6-10,12,17,19,22,40H,11,13-15H2,1-5H3. The number of ether oxygens (including phenoxy) is 1. The quantitative estimate of drug-likeness (QED) is 0.348. The molecular weight excluding hydrogens is 610 g/mol. The van der Waals surface area contributed by atoms with Crippen LogP contribution in [0.4, 0.5) is 0 Å². The fourth-order valence-corrected chi connectivity index (χ4v) is 6.23. The number of nitrogens with zero attached hydrogens (tertiary/aromatic N) is 3. The van der Waals surface area contributed by atoms with Gasteiger partial charge in [0.1, 0.15) is 6.10 Å². The van der Waals surface area contributed by atoms with E-state index in [1.807, 2.05) is 32.9 Å². The van der Waals surface area contributed by atoms with Crippen LogP contribution in [0.2, 0.25) is 5.02 Å². The van der Waals surface area contributed by atoms with Gasteiger partial charge in [0.05, 0.1) is 28.5 Å². The third-order valence-corrected chi connectivity index (χ3v) is 9.40.